The highest BCUT2D eigenvalue weighted by molar-refractivity contribution is 6.18. The number of esters is 1. The molecule has 0 aliphatic heterocycles. The van der Waals surface area contributed by atoms with E-state index in [-0.39, 0.29) is 5.97 Å². The molecule has 4 heteroatoms. The lowest BCUT2D eigenvalue weighted by Crippen LogP contribution is -2.08. The number of ether oxygens (including phenoxy) is 1. The third-order valence-electron chi connectivity index (χ3n) is 4.69. The zero-order chi connectivity index (χ0) is 16.8. The molecule has 1 aromatic carbocycles. The molecule has 0 saturated heterocycles. The summed E-state index contributed by atoms with van der Waals surface area (Å²) in [6.45, 7) is 6.34. The van der Waals surface area contributed by atoms with E-state index in [1.807, 2.05) is 48.0 Å². The first kappa shape index (κ1) is 14.7. The Morgan fingerprint density at radius 3 is 2.71 bits per heavy atom. The Bertz CT molecular complexity index is 1110. The molecule has 0 aliphatic rings. The lowest BCUT2D eigenvalue weighted by molar-refractivity contribution is 0.0521. The Labute approximate surface area is 139 Å². The first-order chi connectivity index (χ1) is 11.6. The fourth-order valence-electron chi connectivity index (χ4n) is 3.64. The largest absolute Gasteiger partial charge is 0.461 e. The minimum atomic E-state index is -0.287. The average molecular weight is 318 g/mol. The highest BCUT2D eigenvalue weighted by Gasteiger charge is 2.23. The van der Waals surface area contributed by atoms with Gasteiger partial charge >= 0.3 is 5.97 Å². The van der Waals surface area contributed by atoms with E-state index in [0.29, 0.717) is 12.3 Å². The summed E-state index contributed by atoms with van der Waals surface area (Å²) in [7, 11) is 0. The number of aromatic nitrogens is 2. The normalized spacial score (nSPS) is 11.5. The van der Waals surface area contributed by atoms with Crippen LogP contribution in [0.15, 0.2) is 42.9 Å². The van der Waals surface area contributed by atoms with Gasteiger partial charge in [0.25, 0.3) is 0 Å². The molecule has 0 aliphatic carbocycles. The van der Waals surface area contributed by atoms with E-state index in [1.54, 1.807) is 6.20 Å². The Hall–Kier alpha value is -2.88. The molecule has 0 amide bonds. The highest BCUT2D eigenvalue weighted by atomic mass is 16.5. The van der Waals surface area contributed by atoms with Crippen LogP contribution in [0.1, 0.15) is 28.5 Å². The number of aryl methyl sites for hydroxylation is 2. The number of carbonyl (C=O) groups is 1. The molecule has 4 rings (SSSR count). The zero-order valence-corrected chi connectivity index (χ0v) is 14.0. The number of rotatable bonds is 2. The quantitative estimate of drug-likeness (QED) is 0.513. The van der Waals surface area contributed by atoms with E-state index in [4.69, 9.17) is 4.74 Å². The molecule has 3 aromatic heterocycles. The van der Waals surface area contributed by atoms with Crippen LogP contribution in [-0.2, 0) is 4.74 Å². The molecule has 0 saturated carbocycles. The van der Waals surface area contributed by atoms with Crippen molar-refractivity contribution in [2.75, 3.05) is 6.61 Å². The van der Waals surface area contributed by atoms with Crippen LogP contribution in [-0.4, -0.2) is 22.0 Å². The predicted octanol–water partition coefficient (Wildman–Crippen LogP) is 4.43. The molecule has 4 nitrogen and oxygen atoms in total. The van der Waals surface area contributed by atoms with E-state index >= 15 is 0 Å². The fraction of sp³-hybridized carbons (Fsp3) is 0.200. The molecule has 0 bridgehead atoms. The van der Waals surface area contributed by atoms with Crippen LogP contribution in [0.4, 0.5) is 0 Å². The van der Waals surface area contributed by atoms with Crippen molar-refractivity contribution >= 4 is 33.0 Å². The summed E-state index contributed by atoms with van der Waals surface area (Å²) < 4.78 is 7.28. The average Bonchev–Trinajstić information content (AvgIpc) is 2.95. The number of carbonyl (C=O) groups excluding carboxylic acids is 1. The minimum Gasteiger partial charge on any atom is -0.461 e. The van der Waals surface area contributed by atoms with Crippen LogP contribution < -0.4 is 0 Å². The summed E-state index contributed by atoms with van der Waals surface area (Å²) >= 11 is 0. The van der Waals surface area contributed by atoms with E-state index in [0.717, 1.165) is 38.2 Å². The second-order valence-corrected chi connectivity index (χ2v) is 5.95. The first-order valence-electron chi connectivity index (χ1n) is 8.08. The van der Waals surface area contributed by atoms with E-state index in [9.17, 15) is 4.79 Å². The Kier molecular flexibility index (Phi) is 3.27. The minimum absolute atomic E-state index is 0.287. The summed E-state index contributed by atoms with van der Waals surface area (Å²) in [6.07, 6.45) is 5.61. The smallest absolute Gasteiger partial charge is 0.355 e. The summed E-state index contributed by atoms with van der Waals surface area (Å²) in [6, 6.07) is 7.97. The van der Waals surface area contributed by atoms with Crippen LogP contribution in [0, 0.1) is 13.8 Å². The molecule has 0 N–H and O–H groups in total. The molecule has 0 spiro atoms. The number of nitrogens with zero attached hydrogens (tertiary/aromatic N) is 2. The predicted molar refractivity (Wildman–Crippen MR) is 95.6 cm³/mol. The molecule has 0 radical (unpaired) electrons. The van der Waals surface area contributed by atoms with Crippen LogP contribution in [0.25, 0.3) is 27.1 Å². The number of hydrogen-bond donors (Lipinski definition) is 0. The summed E-state index contributed by atoms with van der Waals surface area (Å²) in [4.78, 5) is 17.0. The molecule has 120 valence electrons. The maximum atomic E-state index is 12.7. The van der Waals surface area contributed by atoms with Gasteiger partial charge in [-0.15, -0.1) is 0 Å². The molecular formula is C20H18N2O2. The van der Waals surface area contributed by atoms with E-state index in [1.165, 1.54) is 0 Å². The monoisotopic (exact) mass is 318 g/mol. The van der Waals surface area contributed by atoms with Gasteiger partial charge in [0.15, 0.2) is 0 Å². The molecule has 3 heterocycles. The zero-order valence-electron chi connectivity index (χ0n) is 14.0. The van der Waals surface area contributed by atoms with Crippen LogP contribution in [0.3, 0.4) is 0 Å². The van der Waals surface area contributed by atoms with Crippen molar-refractivity contribution in [2.24, 2.45) is 0 Å². The van der Waals surface area contributed by atoms with Crippen molar-refractivity contribution < 1.29 is 9.53 Å². The summed E-state index contributed by atoms with van der Waals surface area (Å²) in [5.41, 5.74) is 3.83. The van der Waals surface area contributed by atoms with Crippen LogP contribution in [0.5, 0.6) is 0 Å². The molecule has 0 atom stereocenters. The maximum absolute atomic E-state index is 12.7. The van der Waals surface area contributed by atoms with Crippen molar-refractivity contribution in [3.63, 3.8) is 0 Å². The number of pyridine rings is 2. The van der Waals surface area contributed by atoms with Gasteiger partial charge in [0.1, 0.15) is 5.69 Å². The van der Waals surface area contributed by atoms with Crippen molar-refractivity contribution in [1.82, 2.24) is 9.38 Å². The van der Waals surface area contributed by atoms with Gasteiger partial charge in [0.05, 0.1) is 12.1 Å². The van der Waals surface area contributed by atoms with Gasteiger partial charge in [-0.1, -0.05) is 6.07 Å². The fourth-order valence-corrected chi connectivity index (χ4v) is 3.64. The second-order valence-electron chi connectivity index (χ2n) is 5.95. The number of benzene rings is 1. The third-order valence-corrected chi connectivity index (χ3v) is 4.69. The van der Waals surface area contributed by atoms with Gasteiger partial charge in [0.2, 0.25) is 0 Å². The lowest BCUT2D eigenvalue weighted by Gasteiger charge is -2.09. The molecular weight excluding hydrogens is 300 g/mol. The third kappa shape index (κ3) is 1.86. The number of hydrogen-bond acceptors (Lipinski definition) is 3. The second kappa shape index (κ2) is 5.34. The van der Waals surface area contributed by atoms with Gasteiger partial charge in [-0.25, -0.2) is 4.79 Å². The van der Waals surface area contributed by atoms with Gasteiger partial charge in [-0.3, -0.25) is 4.98 Å². The summed E-state index contributed by atoms with van der Waals surface area (Å²) in [5, 5.41) is 4.30. The molecule has 0 fully saturated rings. The van der Waals surface area contributed by atoms with Crippen molar-refractivity contribution in [2.45, 2.75) is 20.8 Å². The maximum Gasteiger partial charge on any atom is 0.355 e. The van der Waals surface area contributed by atoms with Gasteiger partial charge in [-0.05, 0) is 55.5 Å². The first-order valence-corrected chi connectivity index (χ1v) is 8.08. The van der Waals surface area contributed by atoms with Crippen molar-refractivity contribution in [3.8, 4) is 0 Å². The molecule has 24 heavy (non-hydrogen) atoms. The van der Waals surface area contributed by atoms with E-state index < -0.39 is 0 Å². The van der Waals surface area contributed by atoms with Crippen molar-refractivity contribution in [1.29, 1.82) is 0 Å². The topological polar surface area (TPSA) is 43.6 Å². The van der Waals surface area contributed by atoms with E-state index in [2.05, 4.69) is 18.8 Å². The van der Waals surface area contributed by atoms with Crippen LogP contribution in [0.2, 0.25) is 0 Å². The van der Waals surface area contributed by atoms with Crippen molar-refractivity contribution in [3.05, 3.63) is 59.7 Å². The standard InChI is InChI=1S/C20H18N2O2/c1-4-24-20(23)19-18-12(2)14-8-9-21-11-15(14)13(3)17(18)16-7-5-6-10-22(16)19/h5-11H,4H2,1-3H3. The van der Waals surface area contributed by atoms with Gasteiger partial charge < -0.3 is 9.14 Å². The SMILES string of the molecule is CCOC(=O)c1c2c(C)c3ccncc3c(C)c2c2ccccn12. The summed E-state index contributed by atoms with van der Waals surface area (Å²) in [5.74, 6) is -0.287. The molecule has 0 unspecified atom stereocenters. The Balaban J connectivity index is 2.30. The lowest BCUT2D eigenvalue weighted by atomic mass is 9.95. The van der Waals surface area contributed by atoms with Gasteiger partial charge in [-0.2, -0.15) is 0 Å². The number of fused-ring (bicyclic) bond motifs is 4. The Morgan fingerprint density at radius 2 is 1.92 bits per heavy atom. The highest BCUT2D eigenvalue weighted by Crippen LogP contribution is 2.37. The van der Waals surface area contributed by atoms with Crippen LogP contribution >= 0.6 is 0 Å². The Morgan fingerprint density at radius 1 is 1.12 bits per heavy atom. The molecule has 4 aromatic rings. The van der Waals surface area contributed by atoms with Gasteiger partial charge in [0, 0.05) is 34.7 Å².